The first kappa shape index (κ1) is 23.8. The second-order valence-corrected chi connectivity index (χ2v) is 10.4. The van der Waals surface area contributed by atoms with Crippen molar-refractivity contribution in [2.24, 2.45) is 0 Å². The van der Waals surface area contributed by atoms with Crippen LogP contribution >= 0.6 is 0 Å². The minimum absolute atomic E-state index is 0.498. The van der Waals surface area contributed by atoms with E-state index in [1.807, 2.05) is 12.1 Å². The maximum absolute atomic E-state index is 9.78. The highest BCUT2D eigenvalue weighted by Crippen LogP contribution is 2.37. The molecule has 42 heavy (non-hydrogen) atoms. The minimum Gasteiger partial charge on any atom is -0.309 e. The van der Waals surface area contributed by atoms with Gasteiger partial charge in [-0.15, -0.1) is 0 Å². The van der Waals surface area contributed by atoms with Crippen LogP contribution in [0.15, 0.2) is 133 Å². The van der Waals surface area contributed by atoms with Gasteiger partial charge in [0.1, 0.15) is 0 Å². The lowest BCUT2D eigenvalue weighted by atomic mass is 9.94. The number of aromatic nitrogens is 2. The predicted molar refractivity (Wildman–Crippen MR) is 170 cm³/mol. The van der Waals surface area contributed by atoms with Crippen LogP contribution in [0.25, 0.3) is 66.1 Å². The van der Waals surface area contributed by atoms with Gasteiger partial charge in [-0.25, -0.2) is 0 Å². The van der Waals surface area contributed by atoms with E-state index < -0.39 is 0 Å². The molecule has 8 rings (SSSR count). The first-order valence-electron chi connectivity index (χ1n) is 13.8. The Balaban J connectivity index is 1.32. The first-order chi connectivity index (χ1) is 20.8. The average Bonchev–Trinajstić information content (AvgIpc) is 3.57. The molecule has 0 unspecified atom stereocenters. The first-order valence-corrected chi connectivity index (χ1v) is 13.8. The summed E-state index contributed by atoms with van der Waals surface area (Å²) in [5.74, 6) is 0. The molecular weight excluding hydrogens is 512 g/mol. The van der Waals surface area contributed by atoms with Gasteiger partial charge < -0.3 is 9.13 Å². The summed E-state index contributed by atoms with van der Waals surface area (Å²) in [4.78, 5) is 0. The minimum atomic E-state index is 0.498. The van der Waals surface area contributed by atoms with E-state index in [9.17, 15) is 10.5 Å². The number of fused-ring (bicyclic) bond motifs is 6. The van der Waals surface area contributed by atoms with Crippen LogP contribution in [0.3, 0.4) is 0 Å². The smallest absolute Gasteiger partial charge is 0.0998 e. The molecule has 0 bridgehead atoms. The van der Waals surface area contributed by atoms with Crippen LogP contribution in [0.4, 0.5) is 0 Å². The van der Waals surface area contributed by atoms with Gasteiger partial charge in [-0.05, 0) is 72.3 Å². The highest BCUT2D eigenvalue weighted by molar-refractivity contribution is 6.11. The van der Waals surface area contributed by atoms with Crippen molar-refractivity contribution < 1.29 is 0 Å². The summed E-state index contributed by atoms with van der Waals surface area (Å²) >= 11 is 0. The molecule has 0 amide bonds. The quantitative estimate of drug-likeness (QED) is 0.227. The Labute approximate surface area is 242 Å². The maximum atomic E-state index is 9.78. The summed E-state index contributed by atoms with van der Waals surface area (Å²) in [5, 5.41) is 24.2. The third-order valence-electron chi connectivity index (χ3n) is 8.21. The van der Waals surface area contributed by atoms with Crippen LogP contribution in [0, 0.1) is 22.7 Å². The molecule has 0 aliphatic carbocycles. The highest BCUT2D eigenvalue weighted by atomic mass is 15.0. The maximum Gasteiger partial charge on any atom is 0.0998 e. The molecule has 4 nitrogen and oxygen atoms in total. The van der Waals surface area contributed by atoms with Gasteiger partial charge in [0.2, 0.25) is 0 Å². The van der Waals surface area contributed by atoms with Gasteiger partial charge in [0, 0.05) is 38.5 Å². The standard InChI is InChI=1S/C38H22N4/c39-23-26-8-7-9-27(24-40)38(26)25-16-21-37-33(22-25)32-12-3-6-15-36(32)42(37)29-19-17-28(18-20-29)41-34-13-4-1-10-30(34)31-11-2-5-14-35(31)41/h1-22H. The Kier molecular flexibility index (Phi) is 5.22. The van der Waals surface area contributed by atoms with Crippen LogP contribution < -0.4 is 0 Å². The predicted octanol–water partition coefficient (Wildman–Crippen LogP) is 9.29. The van der Waals surface area contributed by atoms with Crippen molar-refractivity contribution in [3.63, 3.8) is 0 Å². The average molecular weight is 535 g/mol. The number of para-hydroxylation sites is 3. The van der Waals surface area contributed by atoms with Gasteiger partial charge in [-0.3, -0.25) is 0 Å². The molecule has 0 aliphatic rings. The molecule has 0 radical (unpaired) electrons. The van der Waals surface area contributed by atoms with E-state index in [1.54, 1.807) is 18.2 Å². The number of nitriles is 2. The highest BCUT2D eigenvalue weighted by Gasteiger charge is 2.17. The van der Waals surface area contributed by atoms with Crippen molar-refractivity contribution in [3.8, 4) is 34.6 Å². The van der Waals surface area contributed by atoms with Crippen LogP contribution in [-0.2, 0) is 0 Å². The molecule has 0 spiro atoms. The van der Waals surface area contributed by atoms with Gasteiger partial charge in [0.25, 0.3) is 0 Å². The molecule has 0 N–H and O–H groups in total. The lowest BCUT2D eigenvalue weighted by Crippen LogP contribution is -1.97. The van der Waals surface area contributed by atoms with Gasteiger partial charge in [-0.2, -0.15) is 10.5 Å². The fourth-order valence-corrected chi connectivity index (χ4v) is 6.41. The zero-order chi connectivity index (χ0) is 28.2. The van der Waals surface area contributed by atoms with Crippen molar-refractivity contribution in [3.05, 3.63) is 145 Å². The van der Waals surface area contributed by atoms with Gasteiger partial charge in [0.05, 0.1) is 45.3 Å². The molecule has 8 aromatic rings. The lowest BCUT2D eigenvalue weighted by molar-refractivity contribution is 1.14. The summed E-state index contributed by atoms with van der Waals surface area (Å²) in [7, 11) is 0. The molecule has 4 heteroatoms. The third kappa shape index (κ3) is 3.40. The fraction of sp³-hybridized carbons (Fsp3) is 0. The number of hydrogen-bond donors (Lipinski definition) is 0. The van der Waals surface area contributed by atoms with Crippen molar-refractivity contribution in [1.82, 2.24) is 9.13 Å². The normalized spacial score (nSPS) is 11.3. The Morgan fingerprint density at radius 2 is 0.833 bits per heavy atom. The van der Waals surface area contributed by atoms with Crippen LogP contribution in [0.1, 0.15) is 11.1 Å². The summed E-state index contributed by atoms with van der Waals surface area (Å²) in [6, 6.07) is 50.2. The van der Waals surface area contributed by atoms with E-state index in [2.05, 4.69) is 124 Å². The Hall–Kier alpha value is -6.10. The molecule has 0 saturated heterocycles. The largest absolute Gasteiger partial charge is 0.309 e. The van der Waals surface area contributed by atoms with Gasteiger partial charge in [0.15, 0.2) is 0 Å². The molecule has 0 fully saturated rings. The Bertz CT molecular complexity index is 2340. The third-order valence-corrected chi connectivity index (χ3v) is 8.21. The van der Waals surface area contributed by atoms with Gasteiger partial charge in [-0.1, -0.05) is 66.7 Å². The fourth-order valence-electron chi connectivity index (χ4n) is 6.41. The molecular formula is C38H22N4. The number of rotatable bonds is 3. The van der Waals surface area contributed by atoms with E-state index >= 15 is 0 Å². The number of hydrogen-bond acceptors (Lipinski definition) is 2. The second-order valence-electron chi connectivity index (χ2n) is 10.4. The van der Waals surface area contributed by atoms with Crippen LogP contribution in [0.5, 0.6) is 0 Å². The molecule has 194 valence electrons. The van der Waals surface area contributed by atoms with Crippen molar-refractivity contribution in [1.29, 1.82) is 10.5 Å². The summed E-state index contributed by atoms with van der Waals surface area (Å²) in [6.45, 7) is 0. The molecule has 0 aliphatic heterocycles. The topological polar surface area (TPSA) is 57.4 Å². The zero-order valence-corrected chi connectivity index (χ0v) is 22.5. The lowest BCUT2D eigenvalue weighted by Gasteiger charge is -2.12. The monoisotopic (exact) mass is 534 g/mol. The second kappa shape index (κ2) is 9.24. The number of nitrogens with zero attached hydrogens (tertiary/aromatic N) is 4. The molecule has 0 saturated carbocycles. The molecule has 2 heterocycles. The Morgan fingerprint density at radius 3 is 1.31 bits per heavy atom. The van der Waals surface area contributed by atoms with Gasteiger partial charge >= 0.3 is 0 Å². The van der Waals surface area contributed by atoms with Crippen molar-refractivity contribution in [2.45, 2.75) is 0 Å². The Morgan fingerprint density at radius 1 is 0.405 bits per heavy atom. The van der Waals surface area contributed by atoms with E-state index in [-0.39, 0.29) is 0 Å². The zero-order valence-electron chi connectivity index (χ0n) is 22.5. The van der Waals surface area contributed by atoms with E-state index in [0.29, 0.717) is 16.7 Å². The molecule has 2 aromatic heterocycles. The summed E-state index contributed by atoms with van der Waals surface area (Å²) < 4.78 is 4.61. The van der Waals surface area contributed by atoms with E-state index in [1.165, 1.54) is 21.8 Å². The van der Waals surface area contributed by atoms with Crippen LogP contribution in [0.2, 0.25) is 0 Å². The van der Waals surface area contributed by atoms with Crippen molar-refractivity contribution in [2.75, 3.05) is 0 Å². The summed E-state index contributed by atoms with van der Waals surface area (Å²) in [5.41, 5.74) is 9.24. The van der Waals surface area contributed by atoms with Crippen molar-refractivity contribution >= 4 is 43.6 Å². The SMILES string of the molecule is N#Cc1cccc(C#N)c1-c1ccc2c(c1)c1ccccc1n2-c1ccc(-n2c3ccccc3c3ccccc32)cc1. The molecule has 0 atom stereocenters. The number of benzene rings is 6. The molecule has 6 aromatic carbocycles. The van der Waals surface area contributed by atoms with Crippen LogP contribution in [-0.4, -0.2) is 9.13 Å². The van der Waals surface area contributed by atoms with E-state index in [4.69, 9.17) is 0 Å². The van der Waals surface area contributed by atoms with E-state index in [0.717, 1.165) is 38.7 Å². The summed E-state index contributed by atoms with van der Waals surface area (Å²) in [6.07, 6.45) is 0.